The van der Waals surface area contributed by atoms with E-state index in [1.54, 1.807) is 43.5 Å². The highest BCUT2D eigenvalue weighted by Crippen LogP contribution is 2.29. The van der Waals surface area contributed by atoms with Crippen molar-refractivity contribution < 1.29 is 24.2 Å². The van der Waals surface area contributed by atoms with Crippen molar-refractivity contribution in [2.24, 2.45) is 5.73 Å². The van der Waals surface area contributed by atoms with Crippen molar-refractivity contribution >= 4 is 22.6 Å². The van der Waals surface area contributed by atoms with Gasteiger partial charge >= 0.3 is 5.63 Å². The maximum Gasteiger partial charge on any atom is 0.349 e. The first-order chi connectivity index (χ1) is 14.9. The van der Waals surface area contributed by atoms with E-state index in [0.717, 1.165) is 12.0 Å². The van der Waals surface area contributed by atoms with Gasteiger partial charge in [-0.15, -0.1) is 0 Å². The fourth-order valence-corrected chi connectivity index (χ4v) is 3.37. The number of ether oxygens (including phenoxy) is 1. The second-order valence-electron chi connectivity index (χ2n) is 7.23. The predicted octanol–water partition coefficient (Wildman–Crippen LogP) is 2.36. The minimum atomic E-state index is -1.03. The molecule has 2 atom stereocenters. The minimum absolute atomic E-state index is 0.119. The highest BCUT2D eigenvalue weighted by atomic mass is 16.5. The Morgan fingerprint density at radius 2 is 1.94 bits per heavy atom. The smallest absolute Gasteiger partial charge is 0.349 e. The predicted molar refractivity (Wildman–Crippen MR) is 117 cm³/mol. The zero-order valence-corrected chi connectivity index (χ0v) is 17.4. The summed E-state index contributed by atoms with van der Waals surface area (Å²) in [4.78, 5) is 25.2. The molecule has 1 amide bonds. The number of anilines is 1. The van der Waals surface area contributed by atoms with Crippen LogP contribution in [-0.4, -0.2) is 35.9 Å². The van der Waals surface area contributed by atoms with Crippen molar-refractivity contribution in [2.75, 3.05) is 19.0 Å². The van der Waals surface area contributed by atoms with Crippen LogP contribution >= 0.6 is 0 Å². The van der Waals surface area contributed by atoms with E-state index in [9.17, 15) is 14.7 Å². The van der Waals surface area contributed by atoms with E-state index in [4.69, 9.17) is 20.0 Å². The summed E-state index contributed by atoms with van der Waals surface area (Å²) in [5.74, 6) is 0.0294. The number of fused-ring (bicyclic) bond motifs is 1. The summed E-state index contributed by atoms with van der Waals surface area (Å²) >= 11 is 0. The Kier molecular flexibility index (Phi) is 7.06. The van der Waals surface area contributed by atoms with E-state index in [0.29, 0.717) is 34.4 Å². The van der Waals surface area contributed by atoms with E-state index in [1.807, 2.05) is 6.92 Å². The molecule has 3 rings (SSSR count). The average molecular weight is 426 g/mol. The van der Waals surface area contributed by atoms with Crippen LogP contribution in [0.15, 0.2) is 51.7 Å². The van der Waals surface area contributed by atoms with Gasteiger partial charge in [-0.3, -0.25) is 4.79 Å². The standard InChI is InChI=1S/C23H26N2O6/c1-3-4-16-19(30-2)10-7-14-11-17(23(29)31-21(14)16)22(28)25-15-8-5-13(6-9-15)20(27)18(24)12-26/h5-11,18,20,26-27H,3-4,12,24H2,1-2H3,(H,25,28)/t18-,20-/m0/s1. The summed E-state index contributed by atoms with van der Waals surface area (Å²) < 4.78 is 10.9. The average Bonchev–Trinajstić information content (AvgIpc) is 2.78. The number of methoxy groups -OCH3 is 1. The van der Waals surface area contributed by atoms with Crippen molar-refractivity contribution in [3.05, 3.63) is 69.6 Å². The van der Waals surface area contributed by atoms with Gasteiger partial charge in [0.15, 0.2) is 0 Å². The third-order valence-corrected chi connectivity index (χ3v) is 5.05. The summed E-state index contributed by atoms with van der Waals surface area (Å²) in [5.41, 5.74) is 6.92. The van der Waals surface area contributed by atoms with Gasteiger partial charge < -0.3 is 30.4 Å². The van der Waals surface area contributed by atoms with Crippen LogP contribution in [0.2, 0.25) is 0 Å². The van der Waals surface area contributed by atoms with E-state index in [2.05, 4.69) is 5.32 Å². The third-order valence-electron chi connectivity index (χ3n) is 5.05. The van der Waals surface area contributed by atoms with Crippen LogP contribution in [-0.2, 0) is 6.42 Å². The number of hydrogen-bond acceptors (Lipinski definition) is 7. The van der Waals surface area contributed by atoms with E-state index >= 15 is 0 Å². The van der Waals surface area contributed by atoms with Crippen LogP contribution in [0.4, 0.5) is 5.69 Å². The Bertz CT molecular complexity index is 1120. The lowest BCUT2D eigenvalue weighted by Crippen LogP contribution is -2.31. The number of benzene rings is 2. The van der Waals surface area contributed by atoms with Crippen LogP contribution in [0.1, 0.15) is 40.9 Å². The monoisotopic (exact) mass is 426 g/mol. The molecule has 0 saturated carbocycles. The molecule has 0 aliphatic heterocycles. The molecule has 0 bridgehead atoms. The van der Waals surface area contributed by atoms with Crippen molar-refractivity contribution in [2.45, 2.75) is 31.9 Å². The fraction of sp³-hybridized carbons (Fsp3) is 0.304. The molecule has 0 radical (unpaired) electrons. The number of hydrogen-bond donors (Lipinski definition) is 4. The minimum Gasteiger partial charge on any atom is -0.496 e. The molecule has 31 heavy (non-hydrogen) atoms. The lowest BCUT2D eigenvalue weighted by molar-refractivity contribution is 0.102. The first-order valence-corrected chi connectivity index (χ1v) is 9.99. The van der Waals surface area contributed by atoms with Gasteiger partial charge in [0.05, 0.1) is 25.9 Å². The Labute approximate surface area is 179 Å². The zero-order valence-electron chi connectivity index (χ0n) is 17.4. The van der Waals surface area contributed by atoms with E-state index in [-0.39, 0.29) is 12.2 Å². The van der Waals surface area contributed by atoms with Crippen LogP contribution in [0.5, 0.6) is 5.75 Å². The lowest BCUT2D eigenvalue weighted by atomic mass is 10.0. The molecule has 0 spiro atoms. The Morgan fingerprint density at radius 3 is 2.55 bits per heavy atom. The van der Waals surface area contributed by atoms with E-state index < -0.39 is 23.7 Å². The van der Waals surface area contributed by atoms with Gasteiger partial charge in [0.1, 0.15) is 16.9 Å². The number of nitrogens with two attached hydrogens (primary N) is 1. The molecule has 0 fully saturated rings. The number of aliphatic hydroxyl groups is 2. The number of aliphatic hydroxyl groups excluding tert-OH is 2. The fourth-order valence-electron chi connectivity index (χ4n) is 3.37. The quantitative estimate of drug-likeness (QED) is 0.406. The number of carbonyl (C=O) groups excluding carboxylic acids is 1. The molecule has 5 N–H and O–H groups in total. The Morgan fingerprint density at radius 1 is 1.23 bits per heavy atom. The second-order valence-corrected chi connectivity index (χ2v) is 7.23. The largest absolute Gasteiger partial charge is 0.496 e. The van der Waals surface area contributed by atoms with Gasteiger partial charge in [0.2, 0.25) is 0 Å². The van der Waals surface area contributed by atoms with Crippen LogP contribution in [0.3, 0.4) is 0 Å². The molecule has 2 aromatic carbocycles. The van der Waals surface area contributed by atoms with Gasteiger partial charge in [-0.25, -0.2) is 4.79 Å². The topological polar surface area (TPSA) is 135 Å². The maximum absolute atomic E-state index is 12.7. The van der Waals surface area contributed by atoms with Crippen molar-refractivity contribution in [1.29, 1.82) is 0 Å². The van der Waals surface area contributed by atoms with Gasteiger partial charge in [0, 0.05) is 16.6 Å². The molecule has 1 heterocycles. The number of carbonyl (C=O) groups is 1. The molecular formula is C23H26N2O6. The highest BCUT2D eigenvalue weighted by molar-refractivity contribution is 6.05. The lowest BCUT2D eigenvalue weighted by Gasteiger charge is -2.17. The number of nitrogens with one attached hydrogen (secondary N) is 1. The van der Waals surface area contributed by atoms with Gasteiger partial charge in [-0.1, -0.05) is 25.5 Å². The molecule has 164 valence electrons. The first-order valence-electron chi connectivity index (χ1n) is 9.99. The number of aryl methyl sites for hydroxylation is 1. The number of amides is 1. The van der Waals surface area contributed by atoms with E-state index in [1.165, 1.54) is 6.07 Å². The highest BCUT2D eigenvalue weighted by Gasteiger charge is 2.19. The Hall–Kier alpha value is -3.20. The normalized spacial score (nSPS) is 13.1. The van der Waals surface area contributed by atoms with Crippen molar-refractivity contribution in [1.82, 2.24) is 0 Å². The van der Waals surface area contributed by atoms with Gasteiger partial charge in [0.25, 0.3) is 5.91 Å². The Balaban J connectivity index is 1.87. The van der Waals surface area contributed by atoms with Crippen LogP contribution < -0.4 is 21.4 Å². The molecule has 0 saturated heterocycles. The summed E-state index contributed by atoms with van der Waals surface area (Å²) in [7, 11) is 1.56. The van der Waals surface area contributed by atoms with Crippen molar-refractivity contribution in [3.63, 3.8) is 0 Å². The molecular weight excluding hydrogens is 400 g/mol. The third kappa shape index (κ3) is 4.77. The second kappa shape index (κ2) is 9.74. The first kappa shape index (κ1) is 22.5. The molecule has 1 aromatic heterocycles. The summed E-state index contributed by atoms with van der Waals surface area (Å²) in [6.45, 7) is 1.66. The summed E-state index contributed by atoms with van der Waals surface area (Å²) in [5, 5.41) is 22.4. The van der Waals surface area contributed by atoms with Crippen LogP contribution in [0.25, 0.3) is 11.0 Å². The molecule has 3 aromatic rings. The van der Waals surface area contributed by atoms with Gasteiger partial charge in [-0.2, -0.15) is 0 Å². The summed E-state index contributed by atoms with van der Waals surface area (Å²) in [6, 6.07) is 10.6. The molecule has 0 aliphatic carbocycles. The maximum atomic E-state index is 12.7. The number of rotatable bonds is 8. The molecule has 0 aliphatic rings. The van der Waals surface area contributed by atoms with Crippen LogP contribution in [0, 0.1) is 0 Å². The van der Waals surface area contributed by atoms with Crippen molar-refractivity contribution in [3.8, 4) is 5.75 Å². The summed E-state index contributed by atoms with van der Waals surface area (Å²) in [6.07, 6.45) is 0.485. The molecule has 8 heteroatoms. The molecule has 0 unspecified atom stereocenters. The van der Waals surface area contributed by atoms with Gasteiger partial charge in [-0.05, 0) is 42.3 Å². The SMILES string of the molecule is CCCc1c(OC)ccc2cc(C(=O)Nc3ccc([C@H](O)[C@@H](N)CO)cc3)c(=O)oc12. The molecule has 8 nitrogen and oxygen atoms in total. The zero-order chi connectivity index (χ0) is 22.5.